The quantitative estimate of drug-likeness (QED) is 0.880. The molecule has 1 atom stereocenters. The van der Waals surface area contributed by atoms with Gasteiger partial charge in [-0.15, -0.1) is 0 Å². The summed E-state index contributed by atoms with van der Waals surface area (Å²) >= 11 is 0. The number of pyridine rings is 1. The van der Waals surface area contributed by atoms with E-state index < -0.39 is 10.0 Å². The molecule has 1 unspecified atom stereocenters. The highest BCUT2D eigenvalue weighted by Gasteiger charge is 2.32. The molecule has 1 aromatic heterocycles. The minimum atomic E-state index is -3.41. The Hall–Kier alpha value is -1.14. The molecule has 0 saturated carbocycles. The van der Waals surface area contributed by atoms with Crippen LogP contribution in [0.2, 0.25) is 0 Å². The first-order valence-electron chi connectivity index (χ1n) is 5.68. The molecule has 0 aliphatic carbocycles. The molecule has 94 valence electrons. The van der Waals surface area contributed by atoms with Crippen LogP contribution in [-0.4, -0.2) is 37.8 Å². The van der Waals surface area contributed by atoms with Crippen molar-refractivity contribution < 1.29 is 8.42 Å². The molecule has 1 aromatic rings. The van der Waals surface area contributed by atoms with Crippen molar-refractivity contribution in [2.45, 2.75) is 18.2 Å². The van der Waals surface area contributed by atoms with Gasteiger partial charge in [-0.1, -0.05) is 6.92 Å². The van der Waals surface area contributed by atoms with Crippen molar-refractivity contribution in [1.29, 1.82) is 0 Å². The Morgan fingerprint density at radius 2 is 2.29 bits per heavy atom. The molecule has 0 bridgehead atoms. The van der Waals surface area contributed by atoms with E-state index in [4.69, 9.17) is 0 Å². The largest absolute Gasteiger partial charge is 0.372 e. The van der Waals surface area contributed by atoms with Gasteiger partial charge in [0, 0.05) is 26.3 Å². The Balaban J connectivity index is 2.38. The minimum Gasteiger partial charge on any atom is -0.372 e. The third kappa shape index (κ3) is 2.28. The van der Waals surface area contributed by atoms with Gasteiger partial charge in [-0.3, -0.25) is 0 Å². The van der Waals surface area contributed by atoms with Crippen molar-refractivity contribution in [2.75, 3.05) is 25.5 Å². The summed E-state index contributed by atoms with van der Waals surface area (Å²) < 4.78 is 26.3. The first kappa shape index (κ1) is 12.3. The number of hydrogen-bond acceptors (Lipinski definition) is 4. The number of anilines is 1. The topological polar surface area (TPSA) is 62.3 Å². The third-order valence-electron chi connectivity index (χ3n) is 3.01. The highest BCUT2D eigenvalue weighted by atomic mass is 32.2. The zero-order valence-corrected chi connectivity index (χ0v) is 10.9. The highest BCUT2D eigenvalue weighted by molar-refractivity contribution is 7.89. The summed E-state index contributed by atoms with van der Waals surface area (Å²) in [5.41, 5.74) is 0. The van der Waals surface area contributed by atoms with Gasteiger partial charge in [0.2, 0.25) is 10.0 Å². The molecule has 0 radical (unpaired) electrons. The van der Waals surface area contributed by atoms with Gasteiger partial charge < -0.3 is 5.32 Å². The number of nitrogens with one attached hydrogen (secondary N) is 1. The van der Waals surface area contributed by atoms with Crippen molar-refractivity contribution in [3.8, 4) is 0 Å². The third-order valence-corrected chi connectivity index (χ3v) is 4.91. The van der Waals surface area contributed by atoms with E-state index in [2.05, 4.69) is 17.2 Å². The van der Waals surface area contributed by atoms with Crippen LogP contribution in [0.25, 0.3) is 0 Å². The van der Waals surface area contributed by atoms with E-state index in [9.17, 15) is 8.42 Å². The Morgan fingerprint density at radius 1 is 1.53 bits per heavy atom. The summed E-state index contributed by atoms with van der Waals surface area (Å²) in [5.74, 6) is 0.839. The van der Waals surface area contributed by atoms with Gasteiger partial charge in [0.1, 0.15) is 10.7 Å². The standard InChI is InChI=1S/C11H17N3O2S/c1-9-5-7-14(8-9)17(15,16)10-4-3-6-13-11(10)12-2/h3-4,6,9H,5,7-8H2,1-2H3,(H,12,13). The normalized spacial score (nSPS) is 21.6. The summed E-state index contributed by atoms with van der Waals surface area (Å²) in [4.78, 5) is 4.30. The lowest BCUT2D eigenvalue weighted by Crippen LogP contribution is -2.29. The fraction of sp³-hybridized carbons (Fsp3) is 0.545. The van der Waals surface area contributed by atoms with Crippen LogP contribution in [0.4, 0.5) is 5.82 Å². The SMILES string of the molecule is CNc1ncccc1S(=O)(=O)N1CCC(C)C1. The minimum absolute atomic E-state index is 0.261. The maximum absolute atomic E-state index is 12.4. The second-order valence-electron chi connectivity index (χ2n) is 4.36. The van der Waals surface area contributed by atoms with Crippen LogP contribution in [0.5, 0.6) is 0 Å². The number of aromatic nitrogens is 1. The molecule has 1 fully saturated rings. The summed E-state index contributed by atoms with van der Waals surface area (Å²) in [6.07, 6.45) is 2.51. The molecule has 1 aliphatic rings. The number of nitrogens with zero attached hydrogens (tertiary/aromatic N) is 2. The van der Waals surface area contributed by atoms with Gasteiger partial charge in [0.05, 0.1) is 0 Å². The smallest absolute Gasteiger partial charge is 0.246 e. The Kier molecular flexibility index (Phi) is 3.35. The lowest BCUT2D eigenvalue weighted by atomic mass is 10.2. The molecule has 0 amide bonds. The van der Waals surface area contributed by atoms with E-state index in [1.54, 1.807) is 25.4 Å². The molecule has 1 saturated heterocycles. The van der Waals surface area contributed by atoms with E-state index in [1.807, 2.05) is 0 Å². The molecule has 5 nitrogen and oxygen atoms in total. The van der Waals surface area contributed by atoms with Crippen molar-refractivity contribution in [3.63, 3.8) is 0 Å². The fourth-order valence-corrected chi connectivity index (χ4v) is 3.76. The van der Waals surface area contributed by atoms with Gasteiger partial charge in [0.15, 0.2) is 0 Å². The average molecular weight is 255 g/mol. The van der Waals surface area contributed by atoms with Crippen molar-refractivity contribution in [3.05, 3.63) is 18.3 Å². The monoisotopic (exact) mass is 255 g/mol. The summed E-state index contributed by atoms with van der Waals surface area (Å²) in [6, 6.07) is 3.24. The van der Waals surface area contributed by atoms with Crippen LogP contribution in [0.1, 0.15) is 13.3 Å². The van der Waals surface area contributed by atoms with Crippen LogP contribution >= 0.6 is 0 Å². The molecular formula is C11H17N3O2S. The van der Waals surface area contributed by atoms with Crippen LogP contribution < -0.4 is 5.32 Å². The Labute approximate surface area is 102 Å². The zero-order valence-electron chi connectivity index (χ0n) is 10.0. The van der Waals surface area contributed by atoms with Crippen molar-refractivity contribution >= 4 is 15.8 Å². The first-order valence-corrected chi connectivity index (χ1v) is 7.12. The highest BCUT2D eigenvalue weighted by Crippen LogP contribution is 2.26. The van der Waals surface area contributed by atoms with Crippen LogP contribution in [0.3, 0.4) is 0 Å². The molecule has 1 N–H and O–H groups in total. The van der Waals surface area contributed by atoms with E-state index in [0.29, 0.717) is 24.8 Å². The first-order chi connectivity index (χ1) is 8.05. The predicted octanol–water partition coefficient (Wildman–Crippen LogP) is 1.15. The van der Waals surface area contributed by atoms with E-state index >= 15 is 0 Å². The predicted molar refractivity (Wildman–Crippen MR) is 66.3 cm³/mol. The average Bonchev–Trinajstić information content (AvgIpc) is 2.76. The van der Waals surface area contributed by atoms with Gasteiger partial charge in [-0.25, -0.2) is 13.4 Å². The molecule has 2 heterocycles. The lowest BCUT2D eigenvalue weighted by molar-refractivity contribution is 0.464. The molecule has 2 rings (SSSR count). The summed E-state index contributed by atoms with van der Waals surface area (Å²) in [7, 11) is -1.73. The lowest BCUT2D eigenvalue weighted by Gasteiger charge is -2.17. The molecule has 17 heavy (non-hydrogen) atoms. The Bertz CT molecular complexity index is 501. The van der Waals surface area contributed by atoms with Crippen LogP contribution in [0, 0.1) is 5.92 Å². The van der Waals surface area contributed by atoms with Gasteiger partial charge in [-0.05, 0) is 24.5 Å². The maximum Gasteiger partial charge on any atom is 0.246 e. The molecule has 1 aliphatic heterocycles. The van der Waals surface area contributed by atoms with Crippen molar-refractivity contribution in [2.24, 2.45) is 5.92 Å². The molecule has 6 heteroatoms. The number of rotatable bonds is 3. The fourth-order valence-electron chi connectivity index (χ4n) is 2.04. The Morgan fingerprint density at radius 3 is 2.88 bits per heavy atom. The van der Waals surface area contributed by atoms with E-state index in [0.717, 1.165) is 6.42 Å². The molecular weight excluding hydrogens is 238 g/mol. The summed E-state index contributed by atoms with van der Waals surface area (Å²) in [5, 5.41) is 2.82. The van der Waals surface area contributed by atoms with Gasteiger partial charge in [-0.2, -0.15) is 4.31 Å². The second-order valence-corrected chi connectivity index (χ2v) is 6.26. The zero-order chi connectivity index (χ0) is 12.5. The molecule has 0 aromatic carbocycles. The maximum atomic E-state index is 12.4. The second kappa shape index (κ2) is 4.62. The van der Waals surface area contributed by atoms with Crippen LogP contribution in [-0.2, 0) is 10.0 Å². The van der Waals surface area contributed by atoms with Crippen molar-refractivity contribution in [1.82, 2.24) is 9.29 Å². The van der Waals surface area contributed by atoms with Crippen LogP contribution in [0.15, 0.2) is 23.2 Å². The summed E-state index contributed by atoms with van der Waals surface area (Å²) in [6.45, 7) is 3.26. The van der Waals surface area contributed by atoms with Gasteiger partial charge >= 0.3 is 0 Å². The number of hydrogen-bond donors (Lipinski definition) is 1. The van der Waals surface area contributed by atoms with Gasteiger partial charge in [0.25, 0.3) is 0 Å². The van der Waals surface area contributed by atoms with E-state index in [1.165, 1.54) is 4.31 Å². The number of sulfonamides is 1. The van der Waals surface area contributed by atoms with E-state index in [-0.39, 0.29) is 4.90 Å². The molecule has 0 spiro atoms.